The summed E-state index contributed by atoms with van der Waals surface area (Å²) in [6, 6.07) is 1.73. The van der Waals surface area contributed by atoms with Crippen molar-refractivity contribution in [2.45, 2.75) is 117 Å². The molecule has 5 bridgehead atoms. The van der Waals surface area contributed by atoms with Crippen LogP contribution in [0.25, 0.3) is 10.8 Å². The van der Waals surface area contributed by atoms with Crippen LogP contribution in [0, 0.1) is 30.6 Å². The van der Waals surface area contributed by atoms with Crippen molar-refractivity contribution in [3.63, 3.8) is 0 Å². The van der Waals surface area contributed by atoms with Crippen molar-refractivity contribution in [1.29, 1.82) is 0 Å². The second-order valence-electron chi connectivity index (χ2n) is 20.7. The fraction of sp³-hybridized carbons (Fsp3) is 0.547. The molecule has 0 aliphatic carbocycles. The first-order chi connectivity index (χ1) is 34.2. The van der Waals surface area contributed by atoms with Crippen LogP contribution in [0.15, 0.2) is 64.6 Å². The van der Waals surface area contributed by atoms with Gasteiger partial charge in [0.1, 0.15) is 35.1 Å². The quantitative estimate of drug-likeness (QED) is 0.131. The van der Waals surface area contributed by atoms with Crippen molar-refractivity contribution in [3.05, 3.63) is 76.4 Å². The number of hydrogen-bond acceptors (Lipinski definition) is 17. The second-order valence-corrected chi connectivity index (χ2v) is 20.7. The fourth-order valence-electron chi connectivity index (χ4n) is 10.3. The van der Waals surface area contributed by atoms with Crippen molar-refractivity contribution in [2.75, 3.05) is 56.0 Å². The Morgan fingerprint density at radius 3 is 2.31 bits per heavy atom. The van der Waals surface area contributed by atoms with Crippen LogP contribution in [-0.2, 0) is 23.9 Å². The highest BCUT2D eigenvalue weighted by molar-refractivity contribution is 6.19. The fourth-order valence-corrected chi connectivity index (χ4v) is 10.3. The number of esters is 1. The van der Waals surface area contributed by atoms with Gasteiger partial charge in [0.15, 0.2) is 11.4 Å². The summed E-state index contributed by atoms with van der Waals surface area (Å²) in [5, 5.41) is 50.4. The zero-order valence-corrected chi connectivity index (χ0v) is 42.4. The Bertz CT molecular complexity index is 2820. The molecule has 0 radical (unpaired) electrons. The van der Waals surface area contributed by atoms with Crippen molar-refractivity contribution in [2.24, 2.45) is 33.7 Å². The summed E-state index contributed by atoms with van der Waals surface area (Å²) in [6.45, 7) is 18.2. The molecule has 19 nitrogen and oxygen atoms in total. The third-order valence-corrected chi connectivity index (χ3v) is 14.8. The molecule has 2 aromatic carbocycles. The van der Waals surface area contributed by atoms with Crippen molar-refractivity contribution < 1.29 is 53.8 Å². The number of Topliss-reactive ketones (excluding diaryl/α,β-unsaturated/α-hetero) is 1. The van der Waals surface area contributed by atoms with Gasteiger partial charge in [-0.3, -0.25) is 29.2 Å². The van der Waals surface area contributed by atoms with Gasteiger partial charge in [-0.05, 0) is 44.2 Å². The minimum absolute atomic E-state index is 0.0333. The molecule has 5 N–H and O–H groups in total. The van der Waals surface area contributed by atoms with Gasteiger partial charge in [0.2, 0.25) is 11.9 Å². The molecule has 6 aliphatic rings. The number of hydrogen-bond donors (Lipinski definition) is 5. The summed E-state index contributed by atoms with van der Waals surface area (Å²) >= 11 is 0. The number of rotatable bonds is 6. The lowest BCUT2D eigenvalue weighted by Gasteiger charge is -2.36. The summed E-state index contributed by atoms with van der Waals surface area (Å²) in [7, 11) is 0. The van der Waals surface area contributed by atoms with Gasteiger partial charge >= 0.3 is 11.8 Å². The van der Waals surface area contributed by atoms with Gasteiger partial charge in [-0.1, -0.05) is 52.8 Å². The zero-order chi connectivity index (χ0) is 51.8. The van der Waals surface area contributed by atoms with E-state index in [0.29, 0.717) is 64.0 Å². The van der Waals surface area contributed by atoms with E-state index in [0.717, 1.165) is 6.54 Å². The number of piperidine rings is 1. The highest BCUT2D eigenvalue weighted by Crippen LogP contribution is 2.50. The van der Waals surface area contributed by atoms with Gasteiger partial charge in [0.25, 0.3) is 11.7 Å². The number of anilines is 2. The van der Waals surface area contributed by atoms with E-state index in [-0.39, 0.29) is 68.2 Å². The van der Waals surface area contributed by atoms with Crippen molar-refractivity contribution >= 4 is 46.0 Å². The smallest absolute Gasteiger partial charge is 0.315 e. The molecule has 2 amide bonds. The number of allylic oxidation sites excluding steroid dienone is 3. The number of piperazine rings is 1. The Kier molecular flexibility index (Phi) is 15.1. The van der Waals surface area contributed by atoms with Gasteiger partial charge in [-0.25, -0.2) is 9.97 Å². The standard InChI is InChI=1S/C53H68N8O11/c1-29(2)28-59-19-15-53(16-20-59)57-42-39-40-46(66)34(7)48-41(39)49(68)52(8,72-48)70-25-10-14-30(3)36(71-38(64)27-37(63)60-21-23-61(24-22-60)51-54-17-11-18-55-51)26-35(62)33(6)45(65)31(4)12-9-13-32(5)50(69)56-44(47(40)67)43(42)58-53/h9-13,17-18,25,29-31,33,35-36,45,62,65-67H,14-16,19-24,26-28H2,1-8H3,(H,56,69)/b12-9+,25-10+,32-13-/t30-,31?,33+,35?,36+,45+,52+/m1/s1. The van der Waals surface area contributed by atoms with Gasteiger partial charge in [0.05, 0.1) is 34.8 Å². The molecule has 6 aliphatic heterocycles. The Hall–Kier alpha value is -6.44. The predicted octanol–water partition coefficient (Wildman–Crippen LogP) is 4.39. The number of nitrogens with one attached hydrogen (secondary N) is 1. The van der Waals surface area contributed by atoms with Crippen molar-refractivity contribution in [3.8, 4) is 17.2 Å². The number of fused-ring (bicyclic) bond motifs is 13. The van der Waals surface area contributed by atoms with E-state index in [9.17, 15) is 39.6 Å². The number of amides is 2. The van der Waals surface area contributed by atoms with Gasteiger partial charge in [-0.15, -0.1) is 0 Å². The predicted molar refractivity (Wildman–Crippen MR) is 267 cm³/mol. The van der Waals surface area contributed by atoms with E-state index in [1.807, 2.05) is 11.8 Å². The van der Waals surface area contributed by atoms with Crippen LogP contribution in [0.2, 0.25) is 0 Å². The van der Waals surface area contributed by atoms with Crippen LogP contribution < -0.4 is 25.7 Å². The minimum atomic E-state index is -1.95. The molecular formula is C53H68N8O11. The number of carbonyl (C=O) groups excluding carboxylic acids is 4. The SMILES string of the molecule is C/C1=C/C=C/C(C)[C@H](O)[C@@H](C)C(O)C[C@H](OC(=O)CC(=O)N2CCN(c3ncccn3)CC2)[C@H](C)C/C=C/O[C@@]2(C)Oc3c(C)c(O)c4c(O)c(c5c(c4c3C2=O)=NC2(CCN(CC(C)C)CC2)N=5)NC1=O. The van der Waals surface area contributed by atoms with Crippen LogP contribution in [0.5, 0.6) is 17.2 Å². The molecule has 72 heavy (non-hydrogen) atoms. The number of aromatic hydroxyl groups is 2. The van der Waals surface area contributed by atoms with Gasteiger partial charge in [0, 0.05) is 113 Å². The number of aromatic nitrogens is 2. The number of likely N-dealkylation sites (tertiary alicyclic amines) is 1. The lowest BCUT2D eigenvalue weighted by molar-refractivity contribution is -0.157. The maximum atomic E-state index is 14.8. The van der Waals surface area contributed by atoms with Gasteiger partial charge < -0.3 is 54.7 Å². The number of phenols is 2. The molecule has 386 valence electrons. The van der Waals surface area contributed by atoms with E-state index in [1.54, 1.807) is 75.4 Å². The number of aliphatic hydroxyl groups is 2. The van der Waals surface area contributed by atoms with E-state index >= 15 is 0 Å². The monoisotopic (exact) mass is 993 g/mol. The summed E-state index contributed by atoms with van der Waals surface area (Å²) in [4.78, 5) is 80.6. The second kappa shape index (κ2) is 21.0. The van der Waals surface area contributed by atoms with E-state index < -0.39 is 83.3 Å². The van der Waals surface area contributed by atoms with Crippen LogP contribution in [0.3, 0.4) is 0 Å². The summed E-state index contributed by atoms with van der Waals surface area (Å²) < 4.78 is 18.4. The molecule has 19 heteroatoms. The largest absolute Gasteiger partial charge is 0.507 e. The Morgan fingerprint density at radius 2 is 1.62 bits per heavy atom. The zero-order valence-electron chi connectivity index (χ0n) is 42.4. The van der Waals surface area contributed by atoms with Gasteiger partial charge in [-0.2, -0.15) is 0 Å². The Morgan fingerprint density at radius 1 is 0.944 bits per heavy atom. The molecule has 2 saturated heterocycles. The first-order valence-corrected chi connectivity index (χ1v) is 25.1. The summed E-state index contributed by atoms with van der Waals surface area (Å²) in [6.07, 6.45) is 8.67. The number of carbonyl (C=O) groups is 4. The van der Waals surface area contributed by atoms with Crippen LogP contribution in [0.4, 0.5) is 11.6 Å². The molecule has 9 rings (SSSR count). The van der Waals surface area contributed by atoms with Crippen LogP contribution in [-0.4, -0.2) is 139 Å². The molecular weight excluding hydrogens is 925 g/mol. The normalized spacial score (nSPS) is 28.6. The average molecular weight is 993 g/mol. The molecule has 3 aromatic rings. The van der Waals surface area contributed by atoms with E-state index in [4.69, 9.17) is 24.2 Å². The summed E-state index contributed by atoms with van der Waals surface area (Å²) in [5.74, 6) is -5.84. The highest BCUT2D eigenvalue weighted by Gasteiger charge is 2.50. The van der Waals surface area contributed by atoms with Crippen molar-refractivity contribution in [1.82, 2.24) is 19.8 Å². The first kappa shape index (κ1) is 51.9. The Balaban J connectivity index is 1.11. The first-order valence-electron chi connectivity index (χ1n) is 25.1. The maximum absolute atomic E-state index is 14.8. The number of ether oxygens (including phenoxy) is 3. The minimum Gasteiger partial charge on any atom is -0.507 e. The maximum Gasteiger partial charge on any atom is 0.315 e. The number of benzene rings is 2. The third kappa shape index (κ3) is 10.4. The third-order valence-electron chi connectivity index (χ3n) is 14.8. The number of nitrogens with zero attached hydrogens (tertiary/aromatic N) is 7. The molecule has 7 heterocycles. The topological polar surface area (TPSA) is 249 Å². The van der Waals surface area contributed by atoms with Crippen LogP contribution in [0.1, 0.15) is 96.5 Å². The van der Waals surface area contributed by atoms with E-state index in [2.05, 4.69) is 34.0 Å². The molecule has 1 aromatic heterocycles. The molecule has 0 saturated carbocycles. The molecule has 7 atom stereocenters. The van der Waals surface area contributed by atoms with Crippen LogP contribution >= 0.6 is 0 Å². The molecule has 1 spiro atoms. The Labute approximate surface area is 419 Å². The van der Waals surface area contributed by atoms with E-state index in [1.165, 1.54) is 13.2 Å². The highest BCUT2D eigenvalue weighted by atomic mass is 16.7. The lowest BCUT2D eigenvalue weighted by Crippen LogP contribution is -2.49. The summed E-state index contributed by atoms with van der Waals surface area (Å²) in [5.41, 5.74) is -0.619. The number of aliphatic hydroxyl groups excluding tert-OH is 2. The lowest BCUT2D eigenvalue weighted by atomic mass is 9.84. The molecule has 2 fully saturated rings. The number of phenolic OH excluding ortho intramolecular Hbond substituents is 2. The molecule has 2 unspecified atom stereocenters. The average Bonchev–Trinajstić information content (AvgIpc) is 3.86. The number of ketones is 1.